The number of rotatable bonds is 8. The van der Waals surface area contributed by atoms with Crippen molar-refractivity contribution in [3.05, 3.63) is 83.4 Å². The molecule has 0 spiro atoms. The summed E-state index contributed by atoms with van der Waals surface area (Å²) in [5.41, 5.74) is 2.13. The molecule has 0 aromatic heterocycles. The lowest BCUT2D eigenvalue weighted by Crippen LogP contribution is -2.36. The van der Waals surface area contributed by atoms with Gasteiger partial charge in [0.05, 0.1) is 37.3 Å². The number of fused-ring (bicyclic) bond motifs is 1. The summed E-state index contributed by atoms with van der Waals surface area (Å²) in [5, 5.41) is 2.86. The van der Waals surface area contributed by atoms with Crippen molar-refractivity contribution in [2.75, 3.05) is 25.6 Å². The first-order valence-electron chi connectivity index (χ1n) is 11.8. The fraction of sp³-hybridized carbons (Fsp3) is 0.250. The van der Waals surface area contributed by atoms with Gasteiger partial charge in [-0.05, 0) is 61.4 Å². The first-order chi connectivity index (χ1) is 17.5. The predicted octanol–water partition coefficient (Wildman–Crippen LogP) is 4.44. The maximum Gasteiger partial charge on any atom is 0.261 e. The van der Waals surface area contributed by atoms with Gasteiger partial charge in [0.2, 0.25) is 5.91 Å². The molecule has 0 aliphatic carbocycles. The summed E-state index contributed by atoms with van der Waals surface area (Å²) in [5.74, 6) is 0.852. The van der Waals surface area contributed by atoms with Gasteiger partial charge < -0.3 is 19.5 Å². The van der Waals surface area contributed by atoms with E-state index in [1.54, 1.807) is 49.6 Å². The molecule has 0 bridgehead atoms. The highest BCUT2D eigenvalue weighted by Gasteiger charge is 2.37. The zero-order chi connectivity index (χ0) is 25.1. The second kappa shape index (κ2) is 10.2. The van der Waals surface area contributed by atoms with Crippen LogP contribution in [0.15, 0.2) is 66.7 Å². The number of methoxy groups -OCH3 is 1. The molecule has 184 valence electrons. The van der Waals surface area contributed by atoms with Crippen LogP contribution in [-0.4, -0.2) is 49.0 Å². The van der Waals surface area contributed by atoms with Crippen molar-refractivity contribution in [2.24, 2.45) is 0 Å². The van der Waals surface area contributed by atoms with E-state index in [-0.39, 0.29) is 36.8 Å². The third kappa shape index (κ3) is 4.94. The Balaban J connectivity index is 1.21. The number of hydrogen-bond donors (Lipinski definition) is 1. The average molecular weight is 487 g/mol. The van der Waals surface area contributed by atoms with Crippen LogP contribution in [-0.2, 0) is 16.0 Å². The van der Waals surface area contributed by atoms with E-state index in [0.717, 1.165) is 18.4 Å². The molecule has 0 saturated carbocycles. The maximum absolute atomic E-state index is 12.9. The van der Waals surface area contributed by atoms with Crippen molar-refractivity contribution < 1.29 is 28.6 Å². The fourth-order valence-electron chi connectivity index (χ4n) is 4.46. The number of benzene rings is 3. The summed E-state index contributed by atoms with van der Waals surface area (Å²) >= 11 is 0. The van der Waals surface area contributed by atoms with Gasteiger partial charge in [0.15, 0.2) is 0 Å². The van der Waals surface area contributed by atoms with Gasteiger partial charge in [0.25, 0.3) is 11.8 Å². The van der Waals surface area contributed by atoms with Crippen molar-refractivity contribution in [2.45, 2.75) is 25.4 Å². The summed E-state index contributed by atoms with van der Waals surface area (Å²) in [6.07, 6.45) is 1.87. The fourth-order valence-corrected chi connectivity index (χ4v) is 4.46. The van der Waals surface area contributed by atoms with Gasteiger partial charge in [-0.2, -0.15) is 0 Å². The minimum Gasteiger partial charge on any atom is -0.496 e. The summed E-state index contributed by atoms with van der Waals surface area (Å²) < 4.78 is 16.8. The van der Waals surface area contributed by atoms with Crippen molar-refractivity contribution in [1.82, 2.24) is 4.90 Å². The Morgan fingerprint density at radius 2 is 1.75 bits per heavy atom. The Morgan fingerprint density at radius 3 is 2.50 bits per heavy atom. The van der Waals surface area contributed by atoms with Crippen LogP contribution in [0.1, 0.15) is 39.1 Å². The van der Waals surface area contributed by atoms with Crippen molar-refractivity contribution in [3.8, 4) is 17.2 Å². The summed E-state index contributed by atoms with van der Waals surface area (Å²) in [4.78, 5) is 39.3. The van der Waals surface area contributed by atoms with E-state index < -0.39 is 0 Å². The number of para-hydroxylation sites is 1. The van der Waals surface area contributed by atoms with Crippen LogP contribution >= 0.6 is 0 Å². The van der Waals surface area contributed by atoms with E-state index in [0.29, 0.717) is 40.7 Å². The molecule has 8 heteroatoms. The molecule has 1 N–H and O–H groups in total. The molecule has 0 radical (unpaired) electrons. The minimum atomic E-state index is -0.330. The number of nitrogens with zero attached hydrogens (tertiary/aromatic N) is 1. The molecule has 2 heterocycles. The number of carbonyl (C=O) groups excluding carboxylic acids is 3. The standard InChI is InChI=1S/C28H26N2O6/c1-34-25-7-3-2-5-18(25)15-26(31)29-19-8-10-20(11-9-19)36-21-12-13-23-24(16-21)28(33)30(27(23)32)17-22-6-4-14-35-22/h2-3,5,7-13,16,22H,4,6,14-15,17H2,1H3,(H,29,31). The molecule has 5 rings (SSSR count). The monoisotopic (exact) mass is 486 g/mol. The lowest BCUT2D eigenvalue weighted by molar-refractivity contribution is -0.115. The van der Waals surface area contributed by atoms with Crippen LogP contribution in [0.5, 0.6) is 17.2 Å². The molecule has 2 aliphatic heterocycles. The van der Waals surface area contributed by atoms with Gasteiger partial charge in [-0.25, -0.2) is 0 Å². The molecule has 36 heavy (non-hydrogen) atoms. The van der Waals surface area contributed by atoms with E-state index in [2.05, 4.69) is 5.32 Å². The van der Waals surface area contributed by atoms with Crippen LogP contribution in [0.2, 0.25) is 0 Å². The zero-order valence-electron chi connectivity index (χ0n) is 19.9. The van der Waals surface area contributed by atoms with E-state index >= 15 is 0 Å². The van der Waals surface area contributed by atoms with Crippen LogP contribution < -0.4 is 14.8 Å². The number of imide groups is 1. The Kier molecular flexibility index (Phi) is 6.69. The molecular formula is C28H26N2O6. The molecule has 1 saturated heterocycles. The zero-order valence-corrected chi connectivity index (χ0v) is 19.9. The molecule has 8 nitrogen and oxygen atoms in total. The van der Waals surface area contributed by atoms with Crippen molar-refractivity contribution in [1.29, 1.82) is 0 Å². The quantitative estimate of drug-likeness (QED) is 0.473. The van der Waals surface area contributed by atoms with Gasteiger partial charge in [0, 0.05) is 17.9 Å². The minimum absolute atomic E-state index is 0.100. The topological polar surface area (TPSA) is 94.2 Å². The van der Waals surface area contributed by atoms with Gasteiger partial charge in [0.1, 0.15) is 17.2 Å². The summed E-state index contributed by atoms with van der Waals surface area (Å²) in [6.45, 7) is 0.933. The van der Waals surface area contributed by atoms with Crippen LogP contribution in [0.3, 0.4) is 0 Å². The number of anilines is 1. The highest BCUT2D eigenvalue weighted by Crippen LogP contribution is 2.31. The van der Waals surface area contributed by atoms with E-state index in [9.17, 15) is 14.4 Å². The smallest absolute Gasteiger partial charge is 0.261 e. The summed E-state index contributed by atoms with van der Waals surface area (Å²) in [7, 11) is 1.58. The Hall–Kier alpha value is -4.17. The molecule has 1 fully saturated rings. The van der Waals surface area contributed by atoms with Crippen LogP contribution in [0.4, 0.5) is 5.69 Å². The normalized spacial score (nSPS) is 16.7. The van der Waals surface area contributed by atoms with Gasteiger partial charge in [-0.1, -0.05) is 18.2 Å². The lowest BCUT2D eigenvalue weighted by atomic mass is 10.1. The first kappa shape index (κ1) is 23.6. The van der Waals surface area contributed by atoms with Gasteiger partial charge in [-0.3, -0.25) is 19.3 Å². The predicted molar refractivity (Wildman–Crippen MR) is 133 cm³/mol. The molecule has 1 atom stereocenters. The molecular weight excluding hydrogens is 460 g/mol. The first-order valence-corrected chi connectivity index (χ1v) is 11.8. The van der Waals surface area contributed by atoms with Gasteiger partial charge in [-0.15, -0.1) is 0 Å². The second-order valence-corrected chi connectivity index (χ2v) is 8.73. The highest BCUT2D eigenvalue weighted by molar-refractivity contribution is 6.21. The molecule has 3 aromatic rings. The van der Waals surface area contributed by atoms with Crippen LogP contribution in [0.25, 0.3) is 0 Å². The highest BCUT2D eigenvalue weighted by atomic mass is 16.5. The van der Waals surface area contributed by atoms with Crippen molar-refractivity contribution >= 4 is 23.4 Å². The second-order valence-electron chi connectivity index (χ2n) is 8.73. The molecule has 2 aliphatic rings. The third-order valence-corrected chi connectivity index (χ3v) is 6.27. The number of hydrogen-bond acceptors (Lipinski definition) is 6. The average Bonchev–Trinajstić information content (AvgIpc) is 3.48. The molecule has 3 aromatic carbocycles. The number of nitrogens with one attached hydrogen (secondary N) is 1. The van der Waals surface area contributed by atoms with E-state index in [1.165, 1.54) is 4.90 Å². The van der Waals surface area contributed by atoms with Crippen molar-refractivity contribution in [3.63, 3.8) is 0 Å². The number of carbonyl (C=O) groups is 3. The Morgan fingerprint density at radius 1 is 1.00 bits per heavy atom. The summed E-state index contributed by atoms with van der Waals surface area (Å²) in [6, 6.07) is 19.2. The Labute approximate surface area is 208 Å². The largest absolute Gasteiger partial charge is 0.496 e. The third-order valence-electron chi connectivity index (χ3n) is 6.27. The molecule has 3 amide bonds. The van der Waals surface area contributed by atoms with Gasteiger partial charge >= 0.3 is 0 Å². The van der Waals surface area contributed by atoms with E-state index in [4.69, 9.17) is 14.2 Å². The van der Waals surface area contributed by atoms with Crippen LogP contribution in [0, 0.1) is 0 Å². The number of ether oxygens (including phenoxy) is 3. The SMILES string of the molecule is COc1ccccc1CC(=O)Nc1ccc(Oc2ccc3c(c2)C(=O)N(CC2CCCO2)C3=O)cc1. The number of amides is 3. The van der Waals surface area contributed by atoms with E-state index in [1.807, 2.05) is 24.3 Å². The lowest BCUT2D eigenvalue weighted by Gasteiger charge is -2.17. The maximum atomic E-state index is 12.9. The molecule has 1 unspecified atom stereocenters. The Bertz CT molecular complexity index is 1300.